The van der Waals surface area contributed by atoms with Gasteiger partial charge >= 0.3 is 5.97 Å². The van der Waals surface area contributed by atoms with Gasteiger partial charge in [0, 0.05) is 11.6 Å². The minimum atomic E-state index is -0.680. The Hall–Kier alpha value is -4.19. The van der Waals surface area contributed by atoms with Crippen LogP contribution in [0.3, 0.4) is 0 Å². The Kier molecular flexibility index (Phi) is 9.58. The van der Waals surface area contributed by atoms with E-state index >= 15 is 0 Å². The number of nitrogens with one attached hydrogen (secondary N) is 1. The lowest BCUT2D eigenvalue weighted by atomic mass is 10.1. The molecule has 0 aromatic heterocycles. The lowest BCUT2D eigenvalue weighted by molar-refractivity contribution is -0.144. The number of carbonyl (C=O) groups is 2. The predicted octanol–water partition coefficient (Wildman–Crippen LogP) is 3.05. The van der Waals surface area contributed by atoms with E-state index in [1.165, 1.54) is 26.4 Å². The lowest BCUT2D eigenvalue weighted by Crippen LogP contribution is -2.31. The first-order chi connectivity index (χ1) is 15.9. The largest absolute Gasteiger partial charge is 0.497 e. The highest BCUT2D eigenvalue weighted by Gasteiger charge is 2.16. The molecule has 0 aliphatic heterocycles. The molecule has 9 heteroatoms. The van der Waals surface area contributed by atoms with Crippen LogP contribution < -0.4 is 24.3 Å². The number of amides is 1. The molecule has 0 spiro atoms. The number of carbonyl (C=O) groups excluding carboxylic acids is 2. The molecule has 0 heterocycles. The Labute approximate surface area is 192 Å². The molecular formula is C24H26N2O7. The van der Waals surface area contributed by atoms with Crippen molar-refractivity contribution in [2.24, 2.45) is 0 Å². The maximum Gasteiger partial charge on any atom is 0.331 e. The third kappa shape index (κ3) is 7.47. The van der Waals surface area contributed by atoms with Gasteiger partial charge in [0.1, 0.15) is 17.6 Å². The van der Waals surface area contributed by atoms with Crippen LogP contribution in [0, 0.1) is 11.3 Å². The van der Waals surface area contributed by atoms with Crippen molar-refractivity contribution in [2.75, 3.05) is 34.5 Å². The molecule has 2 aromatic rings. The van der Waals surface area contributed by atoms with E-state index in [0.29, 0.717) is 28.6 Å². The Morgan fingerprint density at radius 1 is 1.03 bits per heavy atom. The molecule has 33 heavy (non-hydrogen) atoms. The number of rotatable bonds is 11. The average molecular weight is 454 g/mol. The van der Waals surface area contributed by atoms with Crippen molar-refractivity contribution < 1.29 is 33.3 Å². The molecule has 1 atom stereocenters. The summed E-state index contributed by atoms with van der Waals surface area (Å²) in [5.41, 5.74) is 1.38. The molecule has 2 aromatic carbocycles. The molecule has 0 aliphatic rings. The predicted molar refractivity (Wildman–Crippen MR) is 120 cm³/mol. The fourth-order valence-electron chi connectivity index (χ4n) is 2.90. The van der Waals surface area contributed by atoms with E-state index in [-0.39, 0.29) is 6.61 Å². The van der Waals surface area contributed by atoms with Crippen molar-refractivity contribution in [3.8, 4) is 29.1 Å². The van der Waals surface area contributed by atoms with Crippen molar-refractivity contribution in [1.29, 1.82) is 5.26 Å². The van der Waals surface area contributed by atoms with Gasteiger partial charge in [-0.2, -0.15) is 5.26 Å². The van der Waals surface area contributed by atoms with Gasteiger partial charge in [0.05, 0.1) is 27.4 Å². The number of hydrogen-bond donors (Lipinski definition) is 1. The van der Waals surface area contributed by atoms with E-state index in [2.05, 4.69) is 5.32 Å². The Balaban J connectivity index is 1.91. The molecule has 1 unspecified atom stereocenters. The van der Waals surface area contributed by atoms with Crippen LogP contribution in [0.5, 0.6) is 23.0 Å². The first-order valence-electron chi connectivity index (χ1n) is 9.95. The minimum absolute atomic E-state index is 0.108. The topological polar surface area (TPSA) is 116 Å². The summed E-state index contributed by atoms with van der Waals surface area (Å²) in [5.74, 6) is 0.919. The van der Waals surface area contributed by atoms with Gasteiger partial charge in [0.25, 0.3) is 5.91 Å². The van der Waals surface area contributed by atoms with Gasteiger partial charge in [-0.3, -0.25) is 4.79 Å². The summed E-state index contributed by atoms with van der Waals surface area (Å²) >= 11 is 0. The van der Waals surface area contributed by atoms with Gasteiger partial charge in [0.15, 0.2) is 24.7 Å². The number of esters is 1. The second kappa shape index (κ2) is 12.6. The second-order valence-corrected chi connectivity index (χ2v) is 6.70. The zero-order valence-corrected chi connectivity index (χ0v) is 18.9. The van der Waals surface area contributed by atoms with Crippen LogP contribution in [0.2, 0.25) is 0 Å². The van der Waals surface area contributed by atoms with Crippen molar-refractivity contribution in [1.82, 2.24) is 5.32 Å². The van der Waals surface area contributed by atoms with Crippen molar-refractivity contribution in [3.63, 3.8) is 0 Å². The van der Waals surface area contributed by atoms with E-state index in [1.807, 2.05) is 6.07 Å². The Morgan fingerprint density at radius 3 is 2.42 bits per heavy atom. The molecule has 9 nitrogen and oxygen atoms in total. The number of methoxy groups -OCH3 is 3. The molecule has 0 radical (unpaired) electrons. The first kappa shape index (κ1) is 25.1. The van der Waals surface area contributed by atoms with E-state index in [9.17, 15) is 9.59 Å². The van der Waals surface area contributed by atoms with Crippen LogP contribution in [0.15, 0.2) is 42.5 Å². The van der Waals surface area contributed by atoms with E-state index < -0.39 is 24.5 Å². The highest BCUT2D eigenvalue weighted by Crippen LogP contribution is 2.29. The molecule has 174 valence electrons. The maximum atomic E-state index is 12.2. The normalized spacial score (nSPS) is 11.2. The molecule has 0 aliphatic carbocycles. The Morgan fingerprint density at radius 2 is 1.76 bits per heavy atom. The SMILES string of the molecule is COc1ccc(OC)c(C(C)NC(=O)COC(=O)/C=C/c2ccc(OCC#N)c(OC)c2)c1. The monoisotopic (exact) mass is 454 g/mol. The summed E-state index contributed by atoms with van der Waals surface area (Å²) in [7, 11) is 4.56. The molecule has 1 amide bonds. The van der Waals surface area contributed by atoms with Crippen LogP contribution in [-0.2, 0) is 14.3 Å². The van der Waals surface area contributed by atoms with Gasteiger partial charge in [-0.25, -0.2) is 4.79 Å². The molecule has 0 saturated carbocycles. The van der Waals surface area contributed by atoms with Crippen LogP contribution in [0.4, 0.5) is 0 Å². The quantitative estimate of drug-likeness (QED) is 0.407. The van der Waals surface area contributed by atoms with Crippen molar-refractivity contribution in [3.05, 3.63) is 53.6 Å². The summed E-state index contributed by atoms with van der Waals surface area (Å²) in [4.78, 5) is 24.2. The first-order valence-corrected chi connectivity index (χ1v) is 9.95. The fourth-order valence-corrected chi connectivity index (χ4v) is 2.90. The summed E-state index contributed by atoms with van der Waals surface area (Å²) in [6.45, 7) is 1.24. The number of nitriles is 1. The number of ether oxygens (including phenoxy) is 5. The molecule has 0 bridgehead atoms. The van der Waals surface area contributed by atoms with Crippen LogP contribution in [-0.4, -0.2) is 46.4 Å². The summed E-state index contributed by atoms with van der Waals surface area (Å²) in [5, 5.41) is 11.4. The van der Waals surface area contributed by atoms with Gasteiger partial charge in [-0.15, -0.1) is 0 Å². The summed E-state index contributed by atoms with van der Waals surface area (Å²) < 4.78 is 26.0. The van der Waals surface area contributed by atoms with E-state index in [0.717, 1.165) is 5.56 Å². The third-order valence-electron chi connectivity index (χ3n) is 4.52. The minimum Gasteiger partial charge on any atom is -0.497 e. The number of benzene rings is 2. The highest BCUT2D eigenvalue weighted by molar-refractivity contribution is 5.89. The van der Waals surface area contributed by atoms with E-state index in [1.54, 1.807) is 50.4 Å². The summed E-state index contributed by atoms with van der Waals surface area (Å²) in [6.07, 6.45) is 2.72. The van der Waals surface area contributed by atoms with Gasteiger partial charge in [0.2, 0.25) is 0 Å². The maximum absolute atomic E-state index is 12.2. The van der Waals surface area contributed by atoms with Crippen molar-refractivity contribution in [2.45, 2.75) is 13.0 Å². The fraction of sp³-hybridized carbons (Fsp3) is 0.292. The molecule has 2 rings (SSSR count). The zero-order valence-electron chi connectivity index (χ0n) is 18.9. The van der Waals surface area contributed by atoms with Gasteiger partial charge in [-0.1, -0.05) is 6.07 Å². The molecule has 0 saturated heterocycles. The summed E-state index contributed by atoms with van der Waals surface area (Å²) in [6, 6.07) is 11.7. The standard InChI is InChI=1S/C24H26N2O7/c1-16(19-14-18(29-2)7-9-20(19)30-3)26-23(27)15-33-24(28)10-6-17-5-8-21(32-12-11-25)22(13-17)31-4/h5-10,13-14,16H,12,15H2,1-4H3,(H,26,27)/b10-6+. The van der Waals surface area contributed by atoms with E-state index in [4.69, 9.17) is 28.9 Å². The molecule has 0 fully saturated rings. The van der Waals surface area contributed by atoms with Crippen LogP contribution in [0.25, 0.3) is 6.08 Å². The van der Waals surface area contributed by atoms with Crippen molar-refractivity contribution >= 4 is 18.0 Å². The number of hydrogen-bond acceptors (Lipinski definition) is 8. The van der Waals surface area contributed by atoms with Gasteiger partial charge in [-0.05, 0) is 48.9 Å². The average Bonchev–Trinajstić information content (AvgIpc) is 2.84. The number of nitrogens with zero attached hydrogens (tertiary/aromatic N) is 1. The third-order valence-corrected chi connectivity index (χ3v) is 4.52. The van der Waals surface area contributed by atoms with Crippen LogP contribution in [0.1, 0.15) is 24.1 Å². The molecule has 1 N–H and O–H groups in total. The highest BCUT2D eigenvalue weighted by atomic mass is 16.5. The lowest BCUT2D eigenvalue weighted by Gasteiger charge is -2.18. The molecular weight excluding hydrogens is 428 g/mol. The Bertz CT molecular complexity index is 1040. The second-order valence-electron chi connectivity index (χ2n) is 6.70. The smallest absolute Gasteiger partial charge is 0.331 e. The van der Waals surface area contributed by atoms with Gasteiger partial charge < -0.3 is 29.0 Å². The zero-order chi connectivity index (χ0) is 24.2. The van der Waals surface area contributed by atoms with Crippen LogP contribution >= 0.6 is 0 Å².